The minimum atomic E-state index is -2.64. The predicted octanol–water partition coefficient (Wildman–Crippen LogP) is 6.22. The van der Waals surface area contributed by atoms with Gasteiger partial charge in [-0.05, 0) is 48.9 Å². The summed E-state index contributed by atoms with van der Waals surface area (Å²) in [5.41, 5.74) is 2.17. The van der Waals surface area contributed by atoms with Crippen molar-refractivity contribution in [1.29, 1.82) is 0 Å². The van der Waals surface area contributed by atoms with Crippen molar-refractivity contribution >= 4 is 8.25 Å². The molecule has 2 aromatic rings. The summed E-state index contributed by atoms with van der Waals surface area (Å²) >= 11 is 0. The Labute approximate surface area is 146 Å². The van der Waals surface area contributed by atoms with Crippen molar-refractivity contribution < 1.29 is 13.6 Å². The predicted molar refractivity (Wildman–Crippen MR) is 100 cm³/mol. The Morgan fingerprint density at radius 1 is 0.750 bits per heavy atom. The third kappa shape index (κ3) is 5.72. The van der Waals surface area contributed by atoms with Gasteiger partial charge in [0.05, 0.1) is 0 Å². The zero-order valence-corrected chi connectivity index (χ0v) is 15.6. The first-order chi connectivity index (χ1) is 11.7. The van der Waals surface area contributed by atoms with Crippen molar-refractivity contribution in [3.8, 4) is 11.5 Å². The molecular formula is C20H27O3P. The second-order valence-corrected chi connectivity index (χ2v) is 6.78. The molecule has 2 aromatic carbocycles. The van der Waals surface area contributed by atoms with E-state index in [4.69, 9.17) is 9.05 Å². The number of hydrogen-bond donors (Lipinski definition) is 0. The molecule has 0 aromatic heterocycles. The Morgan fingerprint density at radius 2 is 1.17 bits per heavy atom. The van der Waals surface area contributed by atoms with Crippen LogP contribution in [0.25, 0.3) is 0 Å². The van der Waals surface area contributed by atoms with Crippen LogP contribution in [0.2, 0.25) is 0 Å². The molecule has 0 saturated heterocycles. The summed E-state index contributed by atoms with van der Waals surface area (Å²) in [6, 6.07) is 15.5. The number of aryl methyl sites for hydroxylation is 2. The maximum absolute atomic E-state index is 12.4. The smallest absolute Gasteiger partial charge is 0.418 e. The van der Waals surface area contributed by atoms with Gasteiger partial charge in [-0.15, -0.1) is 0 Å². The molecule has 3 nitrogen and oxygen atoms in total. The first kappa shape index (κ1) is 18.6. The number of hydrogen-bond acceptors (Lipinski definition) is 3. The van der Waals surface area contributed by atoms with E-state index in [0.29, 0.717) is 11.5 Å². The Bertz CT molecular complexity index is 599. The summed E-state index contributed by atoms with van der Waals surface area (Å²) in [5, 5.41) is 0. The highest BCUT2D eigenvalue weighted by molar-refractivity contribution is 7.34. The molecule has 4 heteroatoms. The summed E-state index contributed by atoms with van der Waals surface area (Å²) in [6.45, 7) is 4.31. The summed E-state index contributed by atoms with van der Waals surface area (Å²) in [5.74, 6) is 1.33. The highest BCUT2D eigenvalue weighted by atomic mass is 31.1. The van der Waals surface area contributed by atoms with Crippen molar-refractivity contribution in [2.45, 2.75) is 52.4 Å². The van der Waals surface area contributed by atoms with Crippen molar-refractivity contribution in [3.63, 3.8) is 0 Å². The molecule has 0 heterocycles. The highest BCUT2D eigenvalue weighted by Crippen LogP contribution is 2.34. The van der Waals surface area contributed by atoms with Gasteiger partial charge in [0.25, 0.3) is 0 Å². The van der Waals surface area contributed by atoms with Crippen molar-refractivity contribution in [1.82, 2.24) is 0 Å². The minimum Gasteiger partial charge on any atom is -0.418 e. The van der Waals surface area contributed by atoms with Crippen LogP contribution in [-0.4, -0.2) is 0 Å². The quantitative estimate of drug-likeness (QED) is 0.479. The van der Waals surface area contributed by atoms with Crippen LogP contribution < -0.4 is 9.05 Å². The van der Waals surface area contributed by atoms with Gasteiger partial charge in [0, 0.05) is 0 Å². The second-order valence-electron chi connectivity index (χ2n) is 5.88. The van der Waals surface area contributed by atoms with Gasteiger partial charge in [-0.1, -0.05) is 63.1 Å². The Morgan fingerprint density at radius 3 is 1.58 bits per heavy atom. The van der Waals surface area contributed by atoms with Crippen molar-refractivity contribution in [3.05, 3.63) is 59.7 Å². The molecule has 0 aliphatic heterocycles. The Kier molecular flexibility index (Phi) is 7.91. The lowest BCUT2D eigenvalue weighted by molar-refractivity contribution is 0.411. The monoisotopic (exact) mass is 346 g/mol. The lowest BCUT2D eigenvalue weighted by Gasteiger charge is -2.13. The molecule has 24 heavy (non-hydrogen) atoms. The highest BCUT2D eigenvalue weighted by Gasteiger charge is 2.10. The van der Waals surface area contributed by atoms with Gasteiger partial charge >= 0.3 is 8.25 Å². The third-order valence-electron chi connectivity index (χ3n) is 3.93. The molecule has 0 saturated carbocycles. The van der Waals surface area contributed by atoms with Crippen LogP contribution >= 0.6 is 8.25 Å². The van der Waals surface area contributed by atoms with Gasteiger partial charge in [-0.25, -0.2) is 4.57 Å². The van der Waals surface area contributed by atoms with Crippen LogP contribution in [0.3, 0.4) is 0 Å². The third-order valence-corrected chi connectivity index (χ3v) is 4.70. The van der Waals surface area contributed by atoms with E-state index in [1.807, 2.05) is 48.5 Å². The summed E-state index contributed by atoms with van der Waals surface area (Å²) in [7, 11) is -2.64. The van der Waals surface area contributed by atoms with E-state index in [-0.39, 0.29) is 0 Å². The van der Waals surface area contributed by atoms with Crippen LogP contribution in [0.5, 0.6) is 11.5 Å². The van der Waals surface area contributed by atoms with Gasteiger partial charge in [0.15, 0.2) is 0 Å². The fourth-order valence-corrected chi connectivity index (χ4v) is 3.35. The molecule has 2 rings (SSSR count). The van der Waals surface area contributed by atoms with E-state index in [2.05, 4.69) is 13.8 Å². The molecule has 0 atom stereocenters. The average Bonchev–Trinajstić information content (AvgIpc) is 2.60. The van der Waals surface area contributed by atoms with Crippen LogP contribution in [0.1, 0.15) is 50.7 Å². The topological polar surface area (TPSA) is 35.5 Å². The van der Waals surface area contributed by atoms with Crippen LogP contribution in [-0.2, 0) is 17.4 Å². The normalized spacial score (nSPS) is 10.8. The average molecular weight is 346 g/mol. The molecular weight excluding hydrogens is 319 g/mol. The zero-order valence-electron chi connectivity index (χ0n) is 14.6. The first-order valence-corrected chi connectivity index (χ1v) is 10.0. The fraction of sp³-hybridized carbons (Fsp3) is 0.400. The van der Waals surface area contributed by atoms with E-state index in [0.717, 1.165) is 49.7 Å². The van der Waals surface area contributed by atoms with E-state index in [9.17, 15) is 4.57 Å². The zero-order chi connectivity index (χ0) is 17.2. The Hall–Kier alpha value is -1.73. The summed E-state index contributed by atoms with van der Waals surface area (Å²) in [4.78, 5) is 0. The van der Waals surface area contributed by atoms with E-state index in [1.165, 1.54) is 0 Å². The van der Waals surface area contributed by atoms with Gasteiger partial charge in [-0.3, -0.25) is 0 Å². The summed E-state index contributed by atoms with van der Waals surface area (Å²) < 4.78 is 23.6. The number of unbranched alkanes of at least 4 members (excludes halogenated alkanes) is 2. The van der Waals surface area contributed by atoms with Crippen molar-refractivity contribution in [2.24, 2.45) is 0 Å². The number of para-hydroxylation sites is 2. The van der Waals surface area contributed by atoms with Crippen molar-refractivity contribution in [2.75, 3.05) is 0 Å². The van der Waals surface area contributed by atoms with Crippen LogP contribution in [0.15, 0.2) is 48.5 Å². The lowest BCUT2D eigenvalue weighted by atomic mass is 10.1. The largest absolute Gasteiger partial charge is 0.418 e. The molecule has 0 radical (unpaired) electrons. The molecule has 0 aliphatic carbocycles. The van der Waals surface area contributed by atoms with Crippen LogP contribution in [0, 0.1) is 0 Å². The number of benzene rings is 2. The molecule has 0 amide bonds. The Balaban J connectivity index is 2.04. The molecule has 130 valence electrons. The maximum Gasteiger partial charge on any atom is 0.418 e. The second kappa shape index (κ2) is 10.2. The van der Waals surface area contributed by atoms with Gasteiger partial charge in [0.1, 0.15) is 11.5 Å². The molecule has 0 fully saturated rings. The molecule has 0 spiro atoms. The van der Waals surface area contributed by atoms with Crippen LogP contribution in [0.4, 0.5) is 0 Å². The standard InChI is InChI=1S/C20H27O3P/c1-3-5-11-17-13-7-9-15-19(17)22-24(21)23-20-16-10-8-14-18(20)12-6-4-2/h7-10,13-16,24H,3-6,11-12H2,1-2H3. The van der Waals surface area contributed by atoms with E-state index < -0.39 is 8.25 Å². The molecule has 0 bridgehead atoms. The number of rotatable bonds is 10. The molecule has 0 unspecified atom stereocenters. The van der Waals surface area contributed by atoms with Gasteiger partial charge < -0.3 is 9.05 Å². The molecule has 0 aliphatic rings. The minimum absolute atomic E-state index is 0.667. The molecule has 0 N–H and O–H groups in total. The maximum atomic E-state index is 12.4. The first-order valence-electron chi connectivity index (χ1n) is 8.80. The van der Waals surface area contributed by atoms with E-state index >= 15 is 0 Å². The summed E-state index contributed by atoms with van der Waals surface area (Å²) in [6.07, 6.45) is 6.25. The van der Waals surface area contributed by atoms with E-state index in [1.54, 1.807) is 0 Å². The fourth-order valence-electron chi connectivity index (χ4n) is 2.55. The van der Waals surface area contributed by atoms with Gasteiger partial charge in [-0.2, -0.15) is 0 Å². The van der Waals surface area contributed by atoms with Gasteiger partial charge in [0.2, 0.25) is 0 Å². The lowest BCUT2D eigenvalue weighted by Crippen LogP contribution is -1.96. The SMILES string of the molecule is CCCCc1ccccc1O[PH](=O)Oc1ccccc1CCCC.